The number of carbonyl (C=O) groups is 1. The van der Waals surface area contributed by atoms with Crippen LogP contribution >= 0.6 is 15.9 Å². The van der Waals surface area contributed by atoms with Crippen LogP contribution < -0.4 is 10.6 Å². The van der Waals surface area contributed by atoms with E-state index < -0.39 is 0 Å². The molecule has 3 rings (SSSR count). The summed E-state index contributed by atoms with van der Waals surface area (Å²) in [5.41, 5.74) is 4.01. The Morgan fingerprint density at radius 3 is 2.86 bits per heavy atom. The summed E-state index contributed by atoms with van der Waals surface area (Å²) in [4.78, 5) is 11.3. The Bertz CT molecular complexity index is 703. The van der Waals surface area contributed by atoms with E-state index in [-0.39, 0.29) is 11.7 Å². The van der Waals surface area contributed by atoms with Crippen LogP contribution in [-0.2, 0) is 17.8 Å². The number of anilines is 2. The highest BCUT2D eigenvalue weighted by molar-refractivity contribution is 9.10. The number of nitrogens with one attached hydrogen (secondary N) is 2. The van der Waals surface area contributed by atoms with Crippen LogP contribution in [0.25, 0.3) is 0 Å². The van der Waals surface area contributed by atoms with Crippen molar-refractivity contribution < 1.29 is 9.18 Å². The van der Waals surface area contributed by atoms with Gasteiger partial charge >= 0.3 is 0 Å². The summed E-state index contributed by atoms with van der Waals surface area (Å²) in [5.74, 6) is -0.192. The first kappa shape index (κ1) is 14.1. The standard InChI is InChI=1S/C16H14BrFN2O/c17-13-7-10(1-4-14(13)18)9-19-12-3-5-15-11(8-12)2-6-16(21)20-15/h1,3-5,7-8,19H,2,6,9H2,(H,20,21). The third-order valence-electron chi connectivity index (χ3n) is 3.48. The molecule has 0 saturated carbocycles. The van der Waals surface area contributed by atoms with E-state index in [1.165, 1.54) is 6.07 Å². The van der Waals surface area contributed by atoms with Crippen LogP contribution in [0.3, 0.4) is 0 Å². The largest absolute Gasteiger partial charge is 0.381 e. The summed E-state index contributed by atoms with van der Waals surface area (Å²) < 4.78 is 13.6. The highest BCUT2D eigenvalue weighted by atomic mass is 79.9. The Labute approximate surface area is 130 Å². The molecule has 0 aromatic heterocycles. The number of rotatable bonds is 3. The van der Waals surface area contributed by atoms with Crippen molar-refractivity contribution in [3.05, 3.63) is 57.8 Å². The maximum atomic E-state index is 13.2. The first-order valence-corrected chi connectivity index (χ1v) is 7.52. The van der Waals surface area contributed by atoms with Gasteiger partial charge in [0.05, 0.1) is 4.47 Å². The summed E-state index contributed by atoms with van der Waals surface area (Å²) in [6.07, 6.45) is 1.29. The van der Waals surface area contributed by atoms with Crippen LogP contribution in [0, 0.1) is 5.82 Å². The summed E-state index contributed by atoms with van der Waals surface area (Å²) in [7, 11) is 0. The lowest BCUT2D eigenvalue weighted by Gasteiger charge is -2.18. The van der Waals surface area contributed by atoms with Gasteiger partial charge in [0.25, 0.3) is 0 Å². The number of hydrogen-bond donors (Lipinski definition) is 2. The van der Waals surface area contributed by atoms with E-state index in [0.717, 1.165) is 28.9 Å². The highest BCUT2D eigenvalue weighted by Crippen LogP contribution is 2.26. The second-order valence-electron chi connectivity index (χ2n) is 5.02. The molecule has 21 heavy (non-hydrogen) atoms. The van der Waals surface area contributed by atoms with Crippen molar-refractivity contribution in [2.75, 3.05) is 10.6 Å². The summed E-state index contributed by atoms with van der Waals surface area (Å²) >= 11 is 3.18. The van der Waals surface area contributed by atoms with Crippen molar-refractivity contribution in [3.63, 3.8) is 0 Å². The van der Waals surface area contributed by atoms with Crippen molar-refractivity contribution >= 4 is 33.2 Å². The quantitative estimate of drug-likeness (QED) is 0.877. The smallest absolute Gasteiger partial charge is 0.224 e. The van der Waals surface area contributed by atoms with Gasteiger partial charge in [-0.1, -0.05) is 6.07 Å². The van der Waals surface area contributed by atoms with Gasteiger partial charge in [-0.05, 0) is 63.8 Å². The van der Waals surface area contributed by atoms with Crippen LogP contribution in [-0.4, -0.2) is 5.91 Å². The minimum Gasteiger partial charge on any atom is -0.381 e. The molecule has 1 heterocycles. The Kier molecular flexibility index (Phi) is 3.92. The van der Waals surface area contributed by atoms with E-state index in [1.54, 1.807) is 12.1 Å². The minimum atomic E-state index is -0.261. The summed E-state index contributed by atoms with van der Waals surface area (Å²) in [5, 5.41) is 6.17. The molecule has 0 spiro atoms. The number of hydrogen-bond acceptors (Lipinski definition) is 2. The van der Waals surface area contributed by atoms with Crippen molar-refractivity contribution in [3.8, 4) is 0 Å². The number of fused-ring (bicyclic) bond motifs is 1. The molecule has 1 aliphatic heterocycles. The van der Waals surface area contributed by atoms with Gasteiger partial charge in [-0.25, -0.2) is 4.39 Å². The molecule has 3 nitrogen and oxygen atoms in total. The van der Waals surface area contributed by atoms with E-state index in [4.69, 9.17) is 0 Å². The van der Waals surface area contributed by atoms with E-state index in [1.807, 2.05) is 18.2 Å². The Morgan fingerprint density at radius 1 is 1.19 bits per heavy atom. The lowest BCUT2D eigenvalue weighted by molar-refractivity contribution is -0.116. The predicted molar refractivity (Wildman–Crippen MR) is 84.8 cm³/mol. The lowest BCUT2D eigenvalue weighted by atomic mass is 10.0. The van der Waals surface area contributed by atoms with E-state index in [9.17, 15) is 9.18 Å². The maximum absolute atomic E-state index is 13.2. The molecular weight excluding hydrogens is 335 g/mol. The van der Waals surface area contributed by atoms with Crippen molar-refractivity contribution in [2.24, 2.45) is 0 Å². The van der Waals surface area contributed by atoms with Gasteiger partial charge in [0.1, 0.15) is 5.82 Å². The van der Waals surface area contributed by atoms with Gasteiger partial charge < -0.3 is 10.6 Å². The van der Waals surface area contributed by atoms with Gasteiger partial charge in [0, 0.05) is 24.3 Å². The maximum Gasteiger partial charge on any atom is 0.224 e. The summed E-state index contributed by atoms with van der Waals surface area (Å²) in [6.45, 7) is 0.615. The molecule has 0 unspecified atom stereocenters. The van der Waals surface area contributed by atoms with Crippen LogP contribution in [0.4, 0.5) is 15.8 Å². The average Bonchev–Trinajstić information content (AvgIpc) is 2.48. The Morgan fingerprint density at radius 2 is 2.05 bits per heavy atom. The van der Waals surface area contributed by atoms with E-state index >= 15 is 0 Å². The second-order valence-corrected chi connectivity index (χ2v) is 5.88. The first-order chi connectivity index (χ1) is 10.1. The third-order valence-corrected chi connectivity index (χ3v) is 4.09. The number of carbonyl (C=O) groups excluding carboxylic acids is 1. The normalized spacial score (nSPS) is 13.5. The predicted octanol–water partition coefficient (Wildman–Crippen LogP) is 4.09. The van der Waals surface area contributed by atoms with E-state index in [2.05, 4.69) is 26.6 Å². The van der Waals surface area contributed by atoms with Gasteiger partial charge in [0.15, 0.2) is 0 Å². The highest BCUT2D eigenvalue weighted by Gasteiger charge is 2.14. The molecule has 0 fully saturated rings. The Hall–Kier alpha value is -1.88. The first-order valence-electron chi connectivity index (χ1n) is 6.72. The zero-order valence-electron chi connectivity index (χ0n) is 11.2. The lowest BCUT2D eigenvalue weighted by Crippen LogP contribution is -2.18. The molecule has 1 aliphatic rings. The molecule has 0 saturated heterocycles. The van der Waals surface area contributed by atoms with Crippen LogP contribution in [0.2, 0.25) is 0 Å². The van der Waals surface area contributed by atoms with E-state index in [0.29, 0.717) is 17.4 Å². The SMILES string of the molecule is O=C1CCc2cc(NCc3ccc(F)c(Br)c3)ccc2N1. The fourth-order valence-electron chi connectivity index (χ4n) is 2.35. The third kappa shape index (κ3) is 3.24. The number of aryl methyl sites for hydroxylation is 1. The molecule has 2 N–H and O–H groups in total. The molecule has 0 radical (unpaired) electrons. The monoisotopic (exact) mass is 348 g/mol. The van der Waals surface area contributed by atoms with Crippen LogP contribution in [0.15, 0.2) is 40.9 Å². The topological polar surface area (TPSA) is 41.1 Å². The molecule has 0 bridgehead atoms. The molecule has 0 atom stereocenters. The van der Waals surface area contributed by atoms with Gasteiger partial charge in [-0.15, -0.1) is 0 Å². The zero-order valence-corrected chi connectivity index (χ0v) is 12.8. The molecular formula is C16H14BrFN2O. The zero-order chi connectivity index (χ0) is 14.8. The van der Waals surface area contributed by atoms with Crippen molar-refractivity contribution in [2.45, 2.75) is 19.4 Å². The van der Waals surface area contributed by atoms with Crippen molar-refractivity contribution in [1.29, 1.82) is 0 Å². The minimum absolute atomic E-state index is 0.0689. The molecule has 108 valence electrons. The van der Waals surface area contributed by atoms with Crippen LogP contribution in [0.1, 0.15) is 17.5 Å². The number of amides is 1. The van der Waals surface area contributed by atoms with Gasteiger partial charge in [-0.3, -0.25) is 4.79 Å². The molecule has 2 aromatic carbocycles. The molecule has 0 aliphatic carbocycles. The van der Waals surface area contributed by atoms with Crippen molar-refractivity contribution in [1.82, 2.24) is 0 Å². The molecule has 5 heteroatoms. The average molecular weight is 349 g/mol. The van der Waals surface area contributed by atoms with Gasteiger partial charge in [0.2, 0.25) is 5.91 Å². The number of halogens is 2. The Balaban J connectivity index is 1.71. The molecule has 2 aromatic rings. The van der Waals surface area contributed by atoms with Gasteiger partial charge in [-0.2, -0.15) is 0 Å². The fourth-order valence-corrected chi connectivity index (χ4v) is 2.77. The molecule has 1 amide bonds. The van der Waals surface area contributed by atoms with Crippen LogP contribution in [0.5, 0.6) is 0 Å². The summed E-state index contributed by atoms with van der Waals surface area (Å²) in [6, 6.07) is 10.9. The second kappa shape index (κ2) is 5.85. The fraction of sp³-hybridized carbons (Fsp3) is 0.188. The number of benzene rings is 2.